The van der Waals surface area contributed by atoms with Crippen molar-refractivity contribution in [1.82, 2.24) is 9.47 Å². The molecular weight excluding hydrogens is 402 g/mol. The Balaban J connectivity index is 1.87. The zero-order chi connectivity index (χ0) is 21.8. The fourth-order valence-corrected chi connectivity index (χ4v) is 4.68. The van der Waals surface area contributed by atoms with Crippen molar-refractivity contribution in [1.29, 1.82) is 0 Å². The topological polar surface area (TPSA) is 72.8 Å². The molecule has 2 aromatic heterocycles. The molecule has 1 aliphatic rings. The molecule has 0 spiro atoms. The molecule has 30 heavy (non-hydrogen) atoms. The minimum Gasteiger partial charge on any atom is -0.462 e. The molecule has 1 amide bonds. The molecule has 1 fully saturated rings. The highest BCUT2D eigenvalue weighted by Crippen LogP contribution is 2.29. The van der Waals surface area contributed by atoms with Gasteiger partial charge >= 0.3 is 5.97 Å². The predicted molar refractivity (Wildman–Crippen MR) is 118 cm³/mol. The molecule has 3 heterocycles. The summed E-state index contributed by atoms with van der Waals surface area (Å²) in [6, 6.07) is 4.04. The van der Waals surface area contributed by atoms with Crippen molar-refractivity contribution in [3.8, 4) is 0 Å². The molecule has 0 radical (unpaired) electrons. The van der Waals surface area contributed by atoms with E-state index in [-0.39, 0.29) is 31.3 Å². The van der Waals surface area contributed by atoms with Crippen LogP contribution in [0, 0.1) is 13.8 Å². The molecule has 0 aliphatic carbocycles. The predicted octanol–water partition coefficient (Wildman–Crippen LogP) is 3.44. The molecule has 2 aromatic rings. The van der Waals surface area contributed by atoms with Crippen molar-refractivity contribution >= 4 is 29.0 Å². The molecule has 0 bridgehead atoms. The lowest BCUT2D eigenvalue weighted by atomic mass is 10.1. The fraction of sp³-hybridized carbons (Fsp3) is 0.545. The number of hydrogen-bond donors (Lipinski definition) is 1. The van der Waals surface area contributed by atoms with Gasteiger partial charge in [-0.3, -0.25) is 9.69 Å². The van der Waals surface area contributed by atoms with E-state index < -0.39 is 5.97 Å². The average Bonchev–Trinajstić information content (AvgIpc) is 3.24. The first-order valence-electron chi connectivity index (χ1n) is 10.4. The molecule has 2 unspecified atom stereocenters. The monoisotopic (exact) mass is 433 g/mol. The van der Waals surface area contributed by atoms with Gasteiger partial charge in [0, 0.05) is 23.7 Å². The SMILES string of the molecule is CCOC(=O)c1c(C)c(C)n(Cc2cccs2)c1NC(=O)CN1CC(C)OC(C)C1. The lowest BCUT2D eigenvalue weighted by molar-refractivity contribution is -0.121. The van der Waals surface area contributed by atoms with Gasteiger partial charge in [0.1, 0.15) is 11.4 Å². The number of hydrogen-bond acceptors (Lipinski definition) is 6. The van der Waals surface area contributed by atoms with Gasteiger partial charge in [-0.25, -0.2) is 4.79 Å². The minimum absolute atomic E-state index is 0.0869. The van der Waals surface area contributed by atoms with Crippen molar-refractivity contribution in [2.45, 2.75) is 53.4 Å². The van der Waals surface area contributed by atoms with Gasteiger partial charge in [0.05, 0.1) is 31.9 Å². The van der Waals surface area contributed by atoms with Crippen LogP contribution in [0.2, 0.25) is 0 Å². The van der Waals surface area contributed by atoms with Gasteiger partial charge in [-0.05, 0) is 51.6 Å². The van der Waals surface area contributed by atoms with Crippen LogP contribution in [0.15, 0.2) is 17.5 Å². The van der Waals surface area contributed by atoms with Crippen LogP contribution in [-0.4, -0.2) is 59.8 Å². The number of esters is 1. The number of nitrogens with zero attached hydrogens (tertiary/aromatic N) is 2. The van der Waals surface area contributed by atoms with E-state index in [9.17, 15) is 9.59 Å². The van der Waals surface area contributed by atoms with Gasteiger partial charge in [0.2, 0.25) is 5.91 Å². The summed E-state index contributed by atoms with van der Waals surface area (Å²) < 4.78 is 13.0. The summed E-state index contributed by atoms with van der Waals surface area (Å²) in [7, 11) is 0. The molecule has 3 rings (SSSR count). The Kier molecular flexibility index (Phi) is 7.33. The molecule has 8 heteroatoms. The third-order valence-corrected chi connectivity index (χ3v) is 6.18. The lowest BCUT2D eigenvalue weighted by Crippen LogP contribution is -2.48. The highest BCUT2D eigenvalue weighted by molar-refractivity contribution is 7.09. The number of nitrogens with one attached hydrogen (secondary N) is 1. The van der Waals surface area contributed by atoms with Gasteiger partial charge in [-0.1, -0.05) is 6.07 Å². The van der Waals surface area contributed by atoms with Gasteiger partial charge in [0.15, 0.2) is 0 Å². The van der Waals surface area contributed by atoms with E-state index in [4.69, 9.17) is 9.47 Å². The Hall–Kier alpha value is -2.16. The summed E-state index contributed by atoms with van der Waals surface area (Å²) in [4.78, 5) is 28.9. The Morgan fingerprint density at radius 1 is 1.27 bits per heavy atom. The molecule has 1 N–H and O–H groups in total. The van der Waals surface area contributed by atoms with E-state index in [0.717, 1.165) is 16.1 Å². The Labute approximate surface area is 182 Å². The van der Waals surface area contributed by atoms with E-state index in [1.54, 1.807) is 18.3 Å². The van der Waals surface area contributed by atoms with Crippen molar-refractivity contribution in [3.05, 3.63) is 39.2 Å². The van der Waals surface area contributed by atoms with Crippen molar-refractivity contribution in [2.24, 2.45) is 0 Å². The van der Waals surface area contributed by atoms with Gasteiger partial charge in [0.25, 0.3) is 0 Å². The zero-order valence-corrected chi connectivity index (χ0v) is 19.2. The van der Waals surface area contributed by atoms with E-state index >= 15 is 0 Å². The van der Waals surface area contributed by atoms with Crippen molar-refractivity contribution < 1.29 is 19.1 Å². The summed E-state index contributed by atoms with van der Waals surface area (Å²) in [6.07, 6.45) is 0.174. The zero-order valence-electron chi connectivity index (χ0n) is 18.4. The first kappa shape index (κ1) is 22.5. The van der Waals surface area contributed by atoms with Crippen LogP contribution < -0.4 is 5.32 Å². The number of carbonyl (C=O) groups excluding carboxylic acids is 2. The highest BCUT2D eigenvalue weighted by atomic mass is 32.1. The molecular formula is C22H31N3O4S. The molecule has 1 aliphatic heterocycles. The molecule has 2 atom stereocenters. The van der Waals surface area contributed by atoms with Crippen molar-refractivity contribution in [3.63, 3.8) is 0 Å². The quantitative estimate of drug-likeness (QED) is 0.677. The summed E-state index contributed by atoms with van der Waals surface area (Å²) in [6.45, 7) is 12.2. The van der Waals surface area contributed by atoms with E-state index in [2.05, 4.69) is 10.2 Å². The van der Waals surface area contributed by atoms with Crippen molar-refractivity contribution in [2.75, 3.05) is 31.6 Å². The highest BCUT2D eigenvalue weighted by Gasteiger charge is 2.28. The summed E-state index contributed by atoms with van der Waals surface area (Å²) in [5, 5.41) is 5.04. The number of rotatable bonds is 7. The second-order valence-electron chi connectivity index (χ2n) is 7.82. The molecule has 0 aromatic carbocycles. The maximum absolute atomic E-state index is 12.9. The van der Waals surface area contributed by atoms with Gasteiger partial charge in [-0.2, -0.15) is 0 Å². The van der Waals surface area contributed by atoms with Crippen LogP contribution in [0.4, 0.5) is 5.82 Å². The third kappa shape index (κ3) is 5.11. The van der Waals surface area contributed by atoms with E-state index in [1.807, 2.05) is 49.8 Å². The van der Waals surface area contributed by atoms with Crippen LogP contribution in [0.5, 0.6) is 0 Å². The molecule has 7 nitrogen and oxygen atoms in total. The van der Waals surface area contributed by atoms with Gasteiger partial charge in [-0.15, -0.1) is 11.3 Å². The minimum atomic E-state index is -0.410. The summed E-state index contributed by atoms with van der Waals surface area (Å²) in [5.41, 5.74) is 2.20. The Morgan fingerprint density at radius 2 is 1.97 bits per heavy atom. The number of aromatic nitrogens is 1. The number of anilines is 1. The number of ether oxygens (including phenoxy) is 2. The third-order valence-electron chi connectivity index (χ3n) is 5.32. The number of morpholine rings is 1. The second-order valence-corrected chi connectivity index (χ2v) is 8.85. The fourth-order valence-electron chi connectivity index (χ4n) is 3.99. The largest absolute Gasteiger partial charge is 0.462 e. The smallest absolute Gasteiger partial charge is 0.342 e. The van der Waals surface area contributed by atoms with Gasteiger partial charge < -0.3 is 19.4 Å². The standard InChI is InChI=1S/C22H31N3O4S/c1-6-28-22(27)20-16(4)17(5)25(12-18-8-7-9-30-18)21(20)23-19(26)13-24-10-14(2)29-15(3)11-24/h7-9,14-15H,6,10-13H2,1-5H3,(H,23,26). The van der Waals surface area contributed by atoms with Crippen LogP contribution in [0.1, 0.15) is 47.3 Å². The second kappa shape index (κ2) is 9.76. The van der Waals surface area contributed by atoms with E-state index in [0.29, 0.717) is 31.0 Å². The maximum atomic E-state index is 12.9. The summed E-state index contributed by atoms with van der Waals surface area (Å²) in [5.74, 6) is -0.0464. The number of carbonyl (C=O) groups is 2. The Bertz CT molecular complexity index is 881. The first-order valence-corrected chi connectivity index (χ1v) is 11.2. The van der Waals surface area contributed by atoms with Crippen LogP contribution in [0.25, 0.3) is 0 Å². The molecule has 0 saturated carbocycles. The number of thiophene rings is 1. The molecule has 164 valence electrons. The van der Waals surface area contributed by atoms with Crippen LogP contribution in [-0.2, 0) is 20.8 Å². The lowest BCUT2D eigenvalue weighted by Gasteiger charge is -2.34. The summed E-state index contributed by atoms with van der Waals surface area (Å²) >= 11 is 1.64. The average molecular weight is 434 g/mol. The van der Waals surface area contributed by atoms with Crippen LogP contribution in [0.3, 0.4) is 0 Å². The number of amides is 1. The first-order chi connectivity index (χ1) is 14.3. The molecule has 1 saturated heterocycles. The van der Waals surface area contributed by atoms with E-state index in [1.165, 1.54) is 0 Å². The Morgan fingerprint density at radius 3 is 2.57 bits per heavy atom. The normalized spacial score (nSPS) is 19.6. The van der Waals surface area contributed by atoms with Crippen LogP contribution >= 0.6 is 11.3 Å². The maximum Gasteiger partial charge on any atom is 0.342 e.